The van der Waals surface area contributed by atoms with Crippen molar-refractivity contribution in [3.63, 3.8) is 0 Å². The molecule has 1 aliphatic heterocycles. The molecule has 1 aromatic heterocycles. The van der Waals surface area contributed by atoms with E-state index in [0.29, 0.717) is 25.2 Å². The van der Waals surface area contributed by atoms with Gasteiger partial charge in [0.15, 0.2) is 0 Å². The number of para-hydroxylation sites is 1. The molecule has 1 saturated heterocycles. The predicted octanol–water partition coefficient (Wildman–Crippen LogP) is 2.26. The summed E-state index contributed by atoms with van der Waals surface area (Å²) in [6.45, 7) is 2.40. The van der Waals surface area contributed by atoms with Crippen LogP contribution >= 0.6 is 0 Å². The van der Waals surface area contributed by atoms with Crippen molar-refractivity contribution in [1.82, 2.24) is 4.90 Å². The van der Waals surface area contributed by atoms with Gasteiger partial charge in [0.2, 0.25) is 0 Å². The smallest absolute Gasteiger partial charge is 0.320 e. The van der Waals surface area contributed by atoms with Crippen LogP contribution in [0.5, 0.6) is 0 Å². The average molecular weight is 340 g/mol. The Hall–Kier alpha value is -3.14. The highest BCUT2D eigenvalue weighted by atomic mass is 19.1. The first-order valence-electron chi connectivity index (χ1n) is 8.15. The first-order chi connectivity index (χ1) is 12.2. The van der Waals surface area contributed by atoms with Crippen LogP contribution < -0.4 is 15.2 Å². The number of nitriles is 1. The quantitative estimate of drug-likeness (QED) is 0.911. The van der Waals surface area contributed by atoms with E-state index < -0.39 is 5.82 Å². The molecule has 0 spiro atoms. The van der Waals surface area contributed by atoms with Crippen molar-refractivity contribution in [2.75, 3.05) is 36.4 Å². The highest BCUT2D eigenvalue weighted by molar-refractivity contribution is 5.89. The number of hydrogen-bond donors (Lipinski definition) is 1. The number of carbonyl (C=O) groups excluding carboxylic acids is 1. The Balaban J connectivity index is 1.66. The normalized spacial score (nSPS) is 14.6. The van der Waals surface area contributed by atoms with E-state index in [2.05, 4.69) is 21.3 Å². The average Bonchev–Trinajstić information content (AvgIpc) is 2.89. The lowest BCUT2D eigenvalue weighted by Gasteiger charge is -2.20. The Kier molecular flexibility index (Phi) is 5.09. The maximum absolute atomic E-state index is 13.7. The molecular weight excluding hydrogens is 321 g/mol. The number of hydrogen-bond acceptors (Lipinski definition) is 3. The van der Waals surface area contributed by atoms with Crippen molar-refractivity contribution in [3.8, 4) is 6.07 Å². The fourth-order valence-corrected chi connectivity index (χ4v) is 2.88. The van der Waals surface area contributed by atoms with Gasteiger partial charge in [-0.2, -0.15) is 5.26 Å². The van der Waals surface area contributed by atoms with Crippen molar-refractivity contribution >= 4 is 17.5 Å². The number of carbonyl (C=O) groups is 1. The molecule has 1 aromatic carbocycles. The third-order valence-corrected chi connectivity index (χ3v) is 4.17. The largest absolute Gasteiger partial charge is 0.322 e. The molecule has 1 aliphatic rings. The molecule has 1 fully saturated rings. The molecule has 2 aromatic rings. The second kappa shape index (κ2) is 7.62. The molecular formula is C18H19FN5O+. The predicted molar refractivity (Wildman–Crippen MR) is 91.5 cm³/mol. The van der Waals surface area contributed by atoms with E-state index >= 15 is 0 Å². The van der Waals surface area contributed by atoms with Crippen molar-refractivity contribution in [2.24, 2.45) is 0 Å². The van der Waals surface area contributed by atoms with E-state index in [9.17, 15) is 14.4 Å². The first kappa shape index (κ1) is 16.7. The zero-order valence-corrected chi connectivity index (χ0v) is 13.7. The van der Waals surface area contributed by atoms with Crippen LogP contribution in [0, 0.1) is 17.1 Å². The fraction of sp³-hybridized carbons (Fsp3) is 0.278. The summed E-state index contributed by atoms with van der Waals surface area (Å²) in [4.78, 5) is 19.3. The minimum Gasteiger partial charge on any atom is -0.320 e. The molecule has 2 N–H and O–H groups in total. The summed E-state index contributed by atoms with van der Waals surface area (Å²) in [5.41, 5.74) is 0.753. The van der Waals surface area contributed by atoms with Crippen LogP contribution in [0.1, 0.15) is 12.0 Å². The number of benzene rings is 1. The van der Waals surface area contributed by atoms with E-state index in [1.807, 2.05) is 0 Å². The van der Waals surface area contributed by atoms with Crippen LogP contribution in [0.2, 0.25) is 0 Å². The lowest BCUT2D eigenvalue weighted by atomic mass is 10.2. The highest BCUT2D eigenvalue weighted by Crippen LogP contribution is 2.17. The van der Waals surface area contributed by atoms with Gasteiger partial charge in [-0.25, -0.2) is 14.2 Å². The van der Waals surface area contributed by atoms with Gasteiger partial charge in [0.05, 0.1) is 25.0 Å². The summed E-state index contributed by atoms with van der Waals surface area (Å²) < 4.78 is 13.7. The van der Waals surface area contributed by atoms with Gasteiger partial charge in [0.25, 0.3) is 5.82 Å². The van der Waals surface area contributed by atoms with Gasteiger partial charge in [0.1, 0.15) is 24.0 Å². The summed E-state index contributed by atoms with van der Waals surface area (Å²) >= 11 is 0. The van der Waals surface area contributed by atoms with Gasteiger partial charge in [-0.3, -0.25) is 4.90 Å². The number of halogens is 1. The monoisotopic (exact) mass is 340 g/mol. The van der Waals surface area contributed by atoms with Crippen molar-refractivity contribution in [1.29, 1.82) is 5.26 Å². The molecule has 25 heavy (non-hydrogen) atoms. The lowest BCUT2D eigenvalue weighted by molar-refractivity contribution is -0.364. The number of urea groups is 1. The minimum absolute atomic E-state index is 0.178. The Morgan fingerprint density at radius 2 is 2.00 bits per heavy atom. The molecule has 2 heterocycles. The molecule has 6 nitrogen and oxygen atoms in total. The first-order valence-corrected chi connectivity index (χ1v) is 8.15. The second-order valence-corrected chi connectivity index (χ2v) is 5.78. The van der Waals surface area contributed by atoms with Crippen LogP contribution in [0.25, 0.3) is 0 Å². The molecule has 0 bridgehead atoms. The third-order valence-electron chi connectivity index (χ3n) is 4.17. The number of rotatable bonds is 2. The number of anilines is 2. The van der Waals surface area contributed by atoms with Gasteiger partial charge in [0, 0.05) is 13.0 Å². The molecule has 0 saturated carbocycles. The number of amides is 2. The van der Waals surface area contributed by atoms with Gasteiger partial charge in [-0.15, -0.1) is 0 Å². The Morgan fingerprint density at radius 1 is 1.16 bits per heavy atom. The molecule has 0 radical (unpaired) electrons. The van der Waals surface area contributed by atoms with E-state index in [0.717, 1.165) is 18.8 Å². The molecule has 7 heteroatoms. The zero-order valence-electron chi connectivity index (χ0n) is 13.7. The highest BCUT2D eigenvalue weighted by Gasteiger charge is 2.26. The maximum atomic E-state index is 13.7. The summed E-state index contributed by atoms with van der Waals surface area (Å²) in [6, 6.07) is 11.5. The van der Waals surface area contributed by atoms with Gasteiger partial charge < -0.3 is 10.2 Å². The SMILES string of the molecule is N#Cc1ccc[nH+]c1N1CCCN(C(=O)Nc2ccccc2F)CC1. The van der Waals surface area contributed by atoms with Gasteiger partial charge in [-0.05, 0) is 24.3 Å². The van der Waals surface area contributed by atoms with Crippen LogP contribution in [0.15, 0.2) is 42.6 Å². The molecule has 128 valence electrons. The zero-order chi connectivity index (χ0) is 17.6. The van der Waals surface area contributed by atoms with E-state index in [4.69, 9.17) is 0 Å². The van der Waals surface area contributed by atoms with E-state index in [-0.39, 0.29) is 11.7 Å². The van der Waals surface area contributed by atoms with Crippen molar-refractivity contribution < 1.29 is 14.2 Å². The van der Waals surface area contributed by atoms with Gasteiger partial charge >= 0.3 is 6.03 Å². The summed E-state index contributed by atoms with van der Waals surface area (Å²) in [5.74, 6) is 0.311. The Morgan fingerprint density at radius 3 is 2.80 bits per heavy atom. The number of pyridine rings is 1. The molecule has 0 unspecified atom stereocenters. The van der Waals surface area contributed by atoms with E-state index in [1.54, 1.807) is 35.4 Å². The second-order valence-electron chi connectivity index (χ2n) is 5.78. The lowest BCUT2D eigenvalue weighted by Crippen LogP contribution is -2.39. The number of aromatic nitrogens is 1. The maximum Gasteiger partial charge on any atom is 0.322 e. The van der Waals surface area contributed by atoms with Crippen LogP contribution in [-0.2, 0) is 0 Å². The van der Waals surface area contributed by atoms with E-state index in [1.165, 1.54) is 12.1 Å². The number of nitrogens with one attached hydrogen (secondary N) is 2. The minimum atomic E-state index is -0.454. The standard InChI is InChI=1S/C18H18FN5O/c19-15-6-1-2-7-16(15)22-18(25)24-10-4-9-23(11-12-24)17-14(13-20)5-3-8-21-17/h1-3,5-8H,4,9-12H2,(H,22,25)/p+1. The van der Waals surface area contributed by atoms with Crippen molar-refractivity contribution in [3.05, 3.63) is 54.0 Å². The third kappa shape index (κ3) is 3.86. The summed E-state index contributed by atoms with van der Waals surface area (Å²) in [7, 11) is 0. The Labute approximate surface area is 145 Å². The molecule has 2 amide bonds. The van der Waals surface area contributed by atoms with Crippen LogP contribution in [0.3, 0.4) is 0 Å². The summed E-state index contributed by atoms with van der Waals surface area (Å²) in [6.07, 6.45) is 2.54. The topological polar surface area (TPSA) is 73.5 Å². The Bertz CT molecular complexity index is 804. The number of H-pyrrole nitrogens is 1. The molecule has 0 atom stereocenters. The summed E-state index contributed by atoms with van der Waals surface area (Å²) in [5, 5.41) is 11.9. The molecule has 3 rings (SSSR count). The molecule has 0 aliphatic carbocycles. The fourth-order valence-electron chi connectivity index (χ4n) is 2.88. The van der Waals surface area contributed by atoms with Crippen LogP contribution in [0.4, 0.5) is 20.7 Å². The van der Waals surface area contributed by atoms with Gasteiger partial charge in [-0.1, -0.05) is 12.1 Å². The van der Waals surface area contributed by atoms with Crippen molar-refractivity contribution in [2.45, 2.75) is 6.42 Å². The number of nitrogens with zero attached hydrogens (tertiary/aromatic N) is 3. The van der Waals surface area contributed by atoms with Crippen LogP contribution in [-0.4, -0.2) is 37.1 Å². The number of aromatic amines is 1.